The first kappa shape index (κ1) is 32.5. The van der Waals surface area contributed by atoms with Crippen LogP contribution in [0.4, 0.5) is 11.4 Å². The first-order chi connectivity index (χ1) is 24.5. The predicted octanol–water partition coefficient (Wildman–Crippen LogP) is 9.46. The van der Waals surface area contributed by atoms with E-state index in [0.29, 0.717) is 13.5 Å². The Labute approximate surface area is 293 Å². The van der Waals surface area contributed by atoms with Crippen molar-refractivity contribution in [1.82, 2.24) is 0 Å². The lowest BCUT2D eigenvalue weighted by atomic mass is 10.0. The standard InChI is InChI=1S/C42H40N2O6/c1-5-7-29-21-31-25-43(27-47-41(31)39(23-29)45-3)33-9-13-35(14-10-33)49-37-17-19-38(20-18-37)50-36-15-11-34(12-16-36)44-26-32-22-30(8-6-2)24-40(46-4)42(32)48-28-44/h5-6,9-24H,1-2,7-8,25-28H2,3-4H3. The molecule has 0 aliphatic carbocycles. The maximum Gasteiger partial charge on any atom is 0.168 e. The van der Waals surface area contributed by atoms with Crippen molar-refractivity contribution < 1.29 is 28.4 Å². The van der Waals surface area contributed by atoms with E-state index in [1.165, 1.54) is 0 Å². The van der Waals surface area contributed by atoms with Crippen LogP contribution >= 0.6 is 0 Å². The minimum Gasteiger partial charge on any atom is -0.493 e. The van der Waals surface area contributed by atoms with Gasteiger partial charge in [0.15, 0.2) is 36.5 Å². The summed E-state index contributed by atoms with van der Waals surface area (Å²) >= 11 is 0. The third-order valence-corrected chi connectivity index (χ3v) is 8.73. The maximum absolute atomic E-state index is 6.14. The summed E-state index contributed by atoms with van der Waals surface area (Å²) in [6.07, 6.45) is 5.33. The molecule has 0 amide bonds. The molecular weight excluding hydrogens is 628 g/mol. The molecule has 2 aliphatic rings. The van der Waals surface area contributed by atoms with Crippen LogP contribution in [0.2, 0.25) is 0 Å². The van der Waals surface area contributed by atoms with Gasteiger partial charge in [-0.2, -0.15) is 0 Å². The number of allylic oxidation sites excluding steroid dienone is 2. The molecule has 0 saturated carbocycles. The second-order valence-electron chi connectivity index (χ2n) is 12.2. The topological polar surface area (TPSA) is 61.9 Å². The molecule has 0 radical (unpaired) electrons. The van der Waals surface area contributed by atoms with E-state index in [1.54, 1.807) is 14.2 Å². The average Bonchev–Trinajstić information content (AvgIpc) is 3.15. The Morgan fingerprint density at radius 1 is 0.560 bits per heavy atom. The zero-order valence-electron chi connectivity index (χ0n) is 28.4. The number of anilines is 2. The van der Waals surface area contributed by atoms with Gasteiger partial charge in [-0.1, -0.05) is 12.2 Å². The maximum atomic E-state index is 6.14. The Hall–Kier alpha value is -6.02. The van der Waals surface area contributed by atoms with E-state index >= 15 is 0 Å². The first-order valence-corrected chi connectivity index (χ1v) is 16.6. The molecule has 0 bridgehead atoms. The van der Waals surface area contributed by atoms with Gasteiger partial charge in [0.1, 0.15) is 23.0 Å². The van der Waals surface area contributed by atoms with E-state index in [0.717, 1.165) is 106 Å². The van der Waals surface area contributed by atoms with E-state index in [-0.39, 0.29) is 0 Å². The highest BCUT2D eigenvalue weighted by atomic mass is 16.5. The molecule has 254 valence electrons. The quantitative estimate of drug-likeness (QED) is 0.122. The van der Waals surface area contributed by atoms with Crippen LogP contribution in [0.3, 0.4) is 0 Å². The molecule has 8 nitrogen and oxygen atoms in total. The van der Waals surface area contributed by atoms with Crippen molar-refractivity contribution in [3.63, 3.8) is 0 Å². The smallest absolute Gasteiger partial charge is 0.168 e. The van der Waals surface area contributed by atoms with Crippen LogP contribution in [0.15, 0.2) is 122 Å². The van der Waals surface area contributed by atoms with Crippen molar-refractivity contribution in [2.24, 2.45) is 0 Å². The number of rotatable bonds is 12. The van der Waals surface area contributed by atoms with Crippen LogP contribution < -0.4 is 38.2 Å². The van der Waals surface area contributed by atoms with E-state index in [4.69, 9.17) is 28.4 Å². The van der Waals surface area contributed by atoms with Crippen LogP contribution in [0, 0.1) is 0 Å². The summed E-state index contributed by atoms with van der Waals surface area (Å²) in [5, 5.41) is 0. The largest absolute Gasteiger partial charge is 0.493 e. The number of ether oxygens (including phenoxy) is 6. The highest BCUT2D eigenvalue weighted by Crippen LogP contribution is 2.40. The summed E-state index contributed by atoms with van der Waals surface area (Å²) in [6, 6.07) is 32.0. The molecule has 0 aromatic heterocycles. The number of nitrogens with zero attached hydrogens (tertiary/aromatic N) is 2. The Morgan fingerprint density at radius 3 is 1.26 bits per heavy atom. The molecule has 5 aromatic carbocycles. The van der Waals surface area contributed by atoms with Gasteiger partial charge in [-0.15, -0.1) is 13.2 Å². The van der Waals surface area contributed by atoms with Crippen LogP contribution in [0.5, 0.6) is 46.0 Å². The van der Waals surface area contributed by atoms with E-state index in [2.05, 4.69) is 35.1 Å². The molecule has 50 heavy (non-hydrogen) atoms. The number of hydrogen-bond acceptors (Lipinski definition) is 8. The number of hydrogen-bond donors (Lipinski definition) is 0. The van der Waals surface area contributed by atoms with Gasteiger partial charge in [0.25, 0.3) is 0 Å². The summed E-state index contributed by atoms with van der Waals surface area (Å²) in [7, 11) is 3.34. The molecule has 2 heterocycles. The Balaban J connectivity index is 0.944. The number of methoxy groups -OCH3 is 2. The van der Waals surface area contributed by atoms with Gasteiger partial charge in [-0.05, 0) is 121 Å². The van der Waals surface area contributed by atoms with Crippen LogP contribution in [0.1, 0.15) is 22.3 Å². The molecule has 7 rings (SSSR count). The minimum absolute atomic E-state index is 0.433. The molecular formula is C42H40N2O6. The summed E-state index contributed by atoms with van der Waals surface area (Å²) in [6.45, 7) is 10.0. The molecule has 5 aromatic rings. The molecule has 0 saturated heterocycles. The molecule has 8 heteroatoms. The Morgan fingerprint density at radius 2 is 0.920 bits per heavy atom. The summed E-state index contributed by atoms with van der Waals surface area (Å²) < 4.78 is 35.7. The Bertz CT molecular complexity index is 1830. The first-order valence-electron chi connectivity index (χ1n) is 16.6. The second kappa shape index (κ2) is 14.6. The van der Waals surface area contributed by atoms with Gasteiger partial charge in [0.05, 0.1) is 14.2 Å². The normalized spacial score (nSPS) is 13.2. The van der Waals surface area contributed by atoms with Crippen molar-refractivity contribution in [1.29, 1.82) is 0 Å². The van der Waals surface area contributed by atoms with Crippen molar-refractivity contribution in [3.8, 4) is 46.0 Å². The summed E-state index contributed by atoms with van der Waals surface area (Å²) in [5.74, 6) is 6.04. The van der Waals surface area contributed by atoms with Gasteiger partial charge in [-0.3, -0.25) is 0 Å². The van der Waals surface area contributed by atoms with Gasteiger partial charge in [0, 0.05) is 35.6 Å². The van der Waals surface area contributed by atoms with Crippen molar-refractivity contribution in [3.05, 3.63) is 145 Å². The van der Waals surface area contributed by atoms with Crippen LogP contribution in [-0.2, 0) is 25.9 Å². The third-order valence-electron chi connectivity index (χ3n) is 8.73. The van der Waals surface area contributed by atoms with Gasteiger partial charge in [0.2, 0.25) is 0 Å². The lowest BCUT2D eigenvalue weighted by Crippen LogP contribution is -2.32. The summed E-state index contributed by atoms with van der Waals surface area (Å²) in [4.78, 5) is 4.36. The monoisotopic (exact) mass is 668 g/mol. The van der Waals surface area contributed by atoms with Crippen molar-refractivity contribution >= 4 is 11.4 Å². The molecule has 0 N–H and O–H groups in total. The lowest BCUT2D eigenvalue weighted by molar-refractivity contribution is 0.270. The predicted molar refractivity (Wildman–Crippen MR) is 197 cm³/mol. The highest BCUT2D eigenvalue weighted by molar-refractivity contribution is 5.58. The third kappa shape index (κ3) is 7.05. The zero-order valence-corrected chi connectivity index (χ0v) is 28.4. The highest BCUT2D eigenvalue weighted by Gasteiger charge is 2.24. The Kier molecular flexibility index (Phi) is 9.51. The fourth-order valence-corrected chi connectivity index (χ4v) is 6.30. The molecule has 0 unspecified atom stereocenters. The van der Waals surface area contributed by atoms with Crippen molar-refractivity contribution in [2.45, 2.75) is 25.9 Å². The fraction of sp³-hybridized carbons (Fsp3) is 0.190. The molecule has 2 aliphatic heterocycles. The molecule has 0 spiro atoms. The molecule has 0 atom stereocenters. The average molecular weight is 669 g/mol. The van der Waals surface area contributed by atoms with E-state index in [9.17, 15) is 0 Å². The zero-order chi connectivity index (χ0) is 34.5. The van der Waals surface area contributed by atoms with Gasteiger partial charge >= 0.3 is 0 Å². The number of benzene rings is 5. The minimum atomic E-state index is 0.433. The second-order valence-corrected chi connectivity index (χ2v) is 12.2. The molecule has 0 fully saturated rings. The lowest BCUT2D eigenvalue weighted by Gasteiger charge is -2.32. The van der Waals surface area contributed by atoms with Gasteiger partial charge < -0.3 is 38.2 Å². The van der Waals surface area contributed by atoms with Gasteiger partial charge in [-0.25, -0.2) is 0 Å². The van der Waals surface area contributed by atoms with Crippen LogP contribution in [0.25, 0.3) is 0 Å². The van der Waals surface area contributed by atoms with Crippen molar-refractivity contribution in [2.75, 3.05) is 37.5 Å². The SMILES string of the molecule is C=CCc1cc2c(c(OC)c1)OCN(c1ccc(Oc3ccc(Oc4ccc(N5COc6c(cc(CC=C)cc6OC)C5)cc4)cc3)cc1)C2. The van der Waals surface area contributed by atoms with E-state index < -0.39 is 0 Å². The van der Waals surface area contributed by atoms with Crippen LogP contribution in [-0.4, -0.2) is 27.7 Å². The van der Waals surface area contributed by atoms with E-state index in [1.807, 2.05) is 97.1 Å². The number of fused-ring (bicyclic) bond motifs is 2. The fourth-order valence-electron chi connectivity index (χ4n) is 6.30. The summed E-state index contributed by atoms with van der Waals surface area (Å²) in [5.41, 5.74) is 6.56.